The van der Waals surface area contributed by atoms with E-state index in [2.05, 4.69) is 37.5 Å². The molecule has 8 heteroatoms. The van der Waals surface area contributed by atoms with E-state index in [9.17, 15) is 9.18 Å². The number of nitrogens with one attached hydrogen (secondary N) is 1. The predicted octanol–water partition coefficient (Wildman–Crippen LogP) is 6.17. The van der Waals surface area contributed by atoms with Crippen LogP contribution >= 0.6 is 33.9 Å². The smallest absolute Gasteiger partial charge is 0.258 e. The lowest BCUT2D eigenvalue weighted by atomic mass is 10.1. The standard InChI is InChI=1S/C24H15FIN3O2S/c25-17-11-15(16-13-28-22(29-24(16)30)10-14-4-2-1-3-5-14)6-7-19(17)31-20-8-9-27-18-12-21(26)32-23(18)20/h1-9,11-13H,10H2,(H,28,29,30). The van der Waals surface area contributed by atoms with Crippen LogP contribution in [-0.2, 0) is 6.42 Å². The second-order valence-electron chi connectivity index (χ2n) is 7.06. The van der Waals surface area contributed by atoms with Gasteiger partial charge in [0.05, 0.1) is 18.7 Å². The van der Waals surface area contributed by atoms with Crippen molar-refractivity contribution in [3.63, 3.8) is 0 Å². The van der Waals surface area contributed by atoms with E-state index in [-0.39, 0.29) is 11.3 Å². The molecule has 0 fully saturated rings. The third-order valence-electron chi connectivity index (χ3n) is 4.87. The van der Waals surface area contributed by atoms with Crippen molar-refractivity contribution in [1.82, 2.24) is 15.0 Å². The van der Waals surface area contributed by atoms with Crippen LogP contribution in [0.1, 0.15) is 11.4 Å². The van der Waals surface area contributed by atoms with E-state index in [4.69, 9.17) is 4.74 Å². The molecule has 0 radical (unpaired) electrons. The Morgan fingerprint density at radius 1 is 1.03 bits per heavy atom. The number of H-pyrrole nitrogens is 1. The molecule has 0 atom stereocenters. The van der Waals surface area contributed by atoms with Gasteiger partial charge in [-0.15, -0.1) is 11.3 Å². The molecule has 0 aliphatic carbocycles. The Balaban J connectivity index is 1.41. The van der Waals surface area contributed by atoms with Gasteiger partial charge in [0, 0.05) is 24.9 Å². The van der Waals surface area contributed by atoms with Gasteiger partial charge in [0.25, 0.3) is 5.56 Å². The van der Waals surface area contributed by atoms with Crippen molar-refractivity contribution in [2.45, 2.75) is 6.42 Å². The summed E-state index contributed by atoms with van der Waals surface area (Å²) < 4.78 is 22.6. The quantitative estimate of drug-likeness (QED) is 0.264. The van der Waals surface area contributed by atoms with Gasteiger partial charge in [-0.25, -0.2) is 9.37 Å². The topological polar surface area (TPSA) is 67.9 Å². The summed E-state index contributed by atoms with van der Waals surface area (Å²) in [5.41, 5.74) is 2.26. The van der Waals surface area contributed by atoms with Gasteiger partial charge in [0.1, 0.15) is 11.6 Å². The molecular formula is C24H15FIN3O2S. The number of rotatable bonds is 5. The van der Waals surface area contributed by atoms with Gasteiger partial charge >= 0.3 is 0 Å². The second-order valence-corrected chi connectivity index (χ2v) is 10.0. The van der Waals surface area contributed by atoms with Crippen LogP contribution < -0.4 is 10.3 Å². The molecule has 0 saturated heterocycles. The molecule has 32 heavy (non-hydrogen) atoms. The highest BCUT2D eigenvalue weighted by atomic mass is 127. The maximum Gasteiger partial charge on any atom is 0.258 e. The summed E-state index contributed by atoms with van der Waals surface area (Å²) in [6.07, 6.45) is 3.63. The van der Waals surface area contributed by atoms with Crippen molar-refractivity contribution in [3.05, 3.63) is 104 Å². The van der Waals surface area contributed by atoms with Gasteiger partial charge in [-0.3, -0.25) is 9.78 Å². The van der Waals surface area contributed by atoms with Crippen molar-refractivity contribution < 1.29 is 9.13 Å². The zero-order valence-corrected chi connectivity index (χ0v) is 19.5. The van der Waals surface area contributed by atoms with Gasteiger partial charge < -0.3 is 9.72 Å². The molecule has 1 N–H and O–H groups in total. The van der Waals surface area contributed by atoms with E-state index in [1.165, 1.54) is 29.7 Å². The fraction of sp³-hybridized carbons (Fsp3) is 0.0417. The molecule has 5 aromatic rings. The Labute approximate surface area is 200 Å². The number of halogens is 2. The van der Waals surface area contributed by atoms with E-state index >= 15 is 0 Å². The highest BCUT2D eigenvalue weighted by Crippen LogP contribution is 2.36. The Morgan fingerprint density at radius 3 is 2.66 bits per heavy atom. The van der Waals surface area contributed by atoms with E-state index in [0.717, 1.165) is 18.7 Å². The lowest BCUT2D eigenvalue weighted by molar-refractivity contribution is 0.447. The SMILES string of the molecule is O=c1[nH]c(Cc2ccccc2)ncc1-c1ccc(Oc2ccnc3cc(I)sc23)c(F)c1. The number of aromatic amines is 1. The third-order valence-corrected chi connectivity index (χ3v) is 6.77. The fourth-order valence-electron chi connectivity index (χ4n) is 3.35. The molecule has 0 amide bonds. The molecule has 5 rings (SSSR count). The molecule has 0 spiro atoms. The van der Waals surface area contributed by atoms with Crippen LogP contribution in [0.5, 0.6) is 11.5 Å². The van der Waals surface area contributed by atoms with Crippen molar-refractivity contribution in [2.24, 2.45) is 0 Å². The van der Waals surface area contributed by atoms with E-state index in [0.29, 0.717) is 29.1 Å². The van der Waals surface area contributed by atoms with Crippen molar-refractivity contribution in [2.75, 3.05) is 0 Å². The molecule has 158 valence electrons. The highest BCUT2D eigenvalue weighted by Gasteiger charge is 2.14. The molecule has 3 heterocycles. The van der Waals surface area contributed by atoms with Crippen LogP contribution in [-0.4, -0.2) is 15.0 Å². The Kier molecular flexibility index (Phi) is 5.71. The first-order valence-electron chi connectivity index (χ1n) is 9.71. The highest BCUT2D eigenvalue weighted by molar-refractivity contribution is 14.1. The monoisotopic (exact) mass is 555 g/mol. The summed E-state index contributed by atoms with van der Waals surface area (Å²) in [4.78, 5) is 24.1. The number of hydrogen-bond donors (Lipinski definition) is 1. The van der Waals surface area contributed by atoms with Crippen LogP contribution in [0.4, 0.5) is 4.39 Å². The van der Waals surface area contributed by atoms with Crippen LogP contribution in [0, 0.1) is 8.70 Å². The van der Waals surface area contributed by atoms with E-state index < -0.39 is 5.82 Å². The number of benzene rings is 2. The van der Waals surface area contributed by atoms with Crippen LogP contribution in [0.2, 0.25) is 0 Å². The zero-order chi connectivity index (χ0) is 22.1. The number of nitrogens with zero attached hydrogens (tertiary/aromatic N) is 2. The van der Waals surface area contributed by atoms with E-state index in [1.54, 1.807) is 18.3 Å². The predicted molar refractivity (Wildman–Crippen MR) is 132 cm³/mol. The first kappa shape index (κ1) is 20.8. The number of hydrogen-bond acceptors (Lipinski definition) is 5. The number of ether oxygens (including phenoxy) is 1. The minimum absolute atomic E-state index is 0.0785. The van der Waals surface area contributed by atoms with Crippen molar-refractivity contribution >= 4 is 44.1 Å². The lowest BCUT2D eigenvalue weighted by Crippen LogP contribution is -2.13. The molecule has 0 aliphatic rings. The normalized spacial score (nSPS) is 11.1. The van der Waals surface area contributed by atoms with Gasteiger partial charge in [-0.1, -0.05) is 36.4 Å². The summed E-state index contributed by atoms with van der Waals surface area (Å²) in [5.74, 6) is 0.609. The Hall–Kier alpha value is -3.11. The zero-order valence-electron chi connectivity index (χ0n) is 16.5. The molecule has 0 unspecified atom stereocenters. The molecule has 2 aromatic carbocycles. The average molecular weight is 555 g/mol. The summed E-state index contributed by atoms with van der Waals surface area (Å²) in [7, 11) is 0. The fourth-order valence-corrected chi connectivity index (χ4v) is 5.10. The number of thiophene rings is 1. The van der Waals surface area contributed by atoms with Crippen LogP contribution in [0.3, 0.4) is 0 Å². The summed E-state index contributed by atoms with van der Waals surface area (Å²) in [5, 5.41) is 0. The third kappa shape index (κ3) is 4.28. The minimum Gasteiger partial charge on any atom is -0.453 e. The van der Waals surface area contributed by atoms with Crippen LogP contribution in [0.25, 0.3) is 21.3 Å². The lowest BCUT2D eigenvalue weighted by Gasteiger charge is -2.09. The average Bonchev–Trinajstić information content (AvgIpc) is 3.17. The molecule has 0 saturated carbocycles. The number of pyridine rings is 1. The van der Waals surface area contributed by atoms with Gasteiger partial charge in [0.15, 0.2) is 11.6 Å². The minimum atomic E-state index is -0.563. The van der Waals surface area contributed by atoms with E-state index in [1.807, 2.05) is 36.4 Å². The van der Waals surface area contributed by atoms with Crippen LogP contribution in [0.15, 0.2) is 77.9 Å². The molecular weight excluding hydrogens is 540 g/mol. The van der Waals surface area contributed by atoms with Gasteiger partial charge in [0.2, 0.25) is 0 Å². The molecule has 5 nitrogen and oxygen atoms in total. The summed E-state index contributed by atoms with van der Waals surface area (Å²) >= 11 is 3.75. The summed E-state index contributed by atoms with van der Waals surface area (Å²) in [6, 6.07) is 17.9. The number of aromatic nitrogens is 3. The molecule has 3 aromatic heterocycles. The second kappa shape index (κ2) is 8.79. The first-order valence-corrected chi connectivity index (χ1v) is 11.6. The largest absolute Gasteiger partial charge is 0.453 e. The van der Waals surface area contributed by atoms with Crippen molar-refractivity contribution in [3.8, 4) is 22.6 Å². The summed E-state index contributed by atoms with van der Waals surface area (Å²) in [6.45, 7) is 0. The maximum atomic E-state index is 14.9. The number of fused-ring (bicyclic) bond motifs is 1. The van der Waals surface area contributed by atoms with Crippen molar-refractivity contribution in [1.29, 1.82) is 0 Å². The Morgan fingerprint density at radius 2 is 1.88 bits per heavy atom. The first-order chi connectivity index (χ1) is 15.6. The molecule has 0 aliphatic heterocycles. The molecule has 0 bridgehead atoms. The van der Waals surface area contributed by atoms with Gasteiger partial charge in [-0.2, -0.15) is 0 Å². The maximum absolute atomic E-state index is 14.9. The Bertz CT molecular complexity index is 1480. The van der Waals surface area contributed by atoms with Gasteiger partial charge in [-0.05, 0) is 51.9 Å².